The van der Waals surface area contributed by atoms with Crippen LogP contribution >= 0.6 is 0 Å². The van der Waals surface area contributed by atoms with Gasteiger partial charge in [-0.05, 0) is 46.5 Å². The third-order valence-electron chi connectivity index (χ3n) is 4.17. The van der Waals surface area contributed by atoms with Gasteiger partial charge >= 0.3 is 6.09 Å². The largest absolute Gasteiger partial charge is 0.444 e. The van der Waals surface area contributed by atoms with Gasteiger partial charge in [0.05, 0.1) is 19.3 Å². The molecule has 0 aromatic heterocycles. The van der Waals surface area contributed by atoms with Gasteiger partial charge in [0.1, 0.15) is 5.60 Å². The van der Waals surface area contributed by atoms with Crippen LogP contribution in [0.4, 0.5) is 4.79 Å². The summed E-state index contributed by atoms with van der Waals surface area (Å²) < 4.78 is 15.9. The van der Waals surface area contributed by atoms with Crippen molar-refractivity contribution in [3.05, 3.63) is 0 Å². The van der Waals surface area contributed by atoms with Gasteiger partial charge in [0.2, 0.25) is 0 Å². The van der Waals surface area contributed by atoms with E-state index in [4.69, 9.17) is 14.2 Å². The second kappa shape index (κ2) is 12.8. The van der Waals surface area contributed by atoms with Gasteiger partial charge in [-0.3, -0.25) is 4.99 Å². The van der Waals surface area contributed by atoms with Crippen molar-refractivity contribution in [2.75, 3.05) is 53.6 Å². The van der Waals surface area contributed by atoms with Crippen LogP contribution in [0.1, 0.15) is 46.5 Å². The third kappa shape index (κ3) is 10.4. The highest BCUT2D eigenvalue weighted by Gasteiger charge is 2.30. The van der Waals surface area contributed by atoms with E-state index in [1.165, 1.54) is 0 Å². The molecular weight excluding hydrogens is 348 g/mol. The minimum absolute atomic E-state index is 0.115. The smallest absolute Gasteiger partial charge is 0.410 e. The number of ether oxygens (including phenoxy) is 3. The summed E-state index contributed by atoms with van der Waals surface area (Å²) in [5.74, 6) is 0.738. The molecule has 0 radical (unpaired) electrons. The number of carbonyl (C=O) groups excluding carboxylic acids is 1. The molecule has 1 aliphatic heterocycles. The van der Waals surface area contributed by atoms with Crippen molar-refractivity contribution in [2.45, 2.75) is 58.1 Å². The molecule has 0 spiro atoms. The number of nitrogens with one attached hydrogen (secondary N) is 2. The summed E-state index contributed by atoms with van der Waals surface area (Å²) in [5, 5.41) is 6.60. The first kappa shape index (κ1) is 23.5. The number of hydrogen-bond acceptors (Lipinski definition) is 5. The molecule has 0 bridgehead atoms. The second-order valence-corrected chi connectivity index (χ2v) is 7.66. The SMILES string of the molecule is CN=C(NCCCOCCOC)NCC1CCCCN1C(=O)OC(C)(C)C. The van der Waals surface area contributed by atoms with Gasteiger partial charge in [-0.2, -0.15) is 0 Å². The van der Waals surface area contributed by atoms with Crippen molar-refractivity contribution in [1.29, 1.82) is 0 Å². The molecule has 27 heavy (non-hydrogen) atoms. The van der Waals surface area contributed by atoms with Crippen LogP contribution in [0.3, 0.4) is 0 Å². The number of rotatable bonds is 9. The highest BCUT2D eigenvalue weighted by atomic mass is 16.6. The Balaban J connectivity index is 2.35. The molecular formula is C19H38N4O4. The summed E-state index contributed by atoms with van der Waals surface area (Å²) in [6.07, 6.45) is 3.77. The second-order valence-electron chi connectivity index (χ2n) is 7.66. The molecule has 1 fully saturated rings. The van der Waals surface area contributed by atoms with Crippen molar-refractivity contribution in [1.82, 2.24) is 15.5 Å². The Morgan fingerprint density at radius 1 is 1.19 bits per heavy atom. The molecule has 1 amide bonds. The number of guanidine groups is 1. The summed E-state index contributed by atoms with van der Waals surface area (Å²) >= 11 is 0. The fraction of sp³-hybridized carbons (Fsp3) is 0.895. The van der Waals surface area contributed by atoms with Crippen LogP contribution in [-0.2, 0) is 14.2 Å². The van der Waals surface area contributed by atoms with E-state index in [0.29, 0.717) is 26.4 Å². The van der Waals surface area contributed by atoms with Crippen molar-refractivity contribution in [3.63, 3.8) is 0 Å². The fourth-order valence-electron chi connectivity index (χ4n) is 2.83. The van der Waals surface area contributed by atoms with E-state index in [-0.39, 0.29) is 12.1 Å². The molecule has 0 aromatic rings. The lowest BCUT2D eigenvalue weighted by Crippen LogP contribution is -2.52. The lowest BCUT2D eigenvalue weighted by molar-refractivity contribution is 0.0104. The predicted octanol–water partition coefficient (Wildman–Crippen LogP) is 1.99. The van der Waals surface area contributed by atoms with Gasteiger partial charge in [-0.15, -0.1) is 0 Å². The van der Waals surface area contributed by atoms with E-state index in [9.17, 15) is 4.79 Å². The van der Waals surface area contributed by atoms with E-state index in [2.05, 4.69) is 15.6 Å². The fourth-order valence-corrected chi connectivity index (χ4v) is 2.83. The minimum atomic E-state index is -0.477. The van der Waals surface area contributed by atoms with Crippen molar-refractivity contribution in [3.8, 4) is 0 Å². The van der Waals surface area contributed by atoms with E-state index in [1.807, 2.05) is 25.7 Å². The van der Waals surface area contributed by atoms with Crippen LogP contribution in [0, 0.1) is 0 Å². The van der Waals surface area contributed by atoms with Crippen molar-refractivity contribution >= 4 is 12.1 Å². The summed E-state index contributed by atoms with van der Waals surface area (Å²) in [6, 6.07) is 0.115. The Bertz CT molecular complexity index is 451. The molecule has 8 nitrogen and oxygen atoms in total. The maximum absolute atomic E-state index is 12.5. The monoisotopic (exact) mass is 386 g/mol. The van der Waals surface area contributed by atoms with E-state index in [0.717, 1.165) is 44.7 Å². The first-order valence-corrected chi connectivity index (χ1v) is 9.88. The molecule has 0 aliphatic carbocycles. The molecule has 1 atom stereocenters. The van der Waals surface area contributed by atoms with Crippen LogP contribution in [0.15, 0.2) is 4.99 Å². The van der Waals surface area contributed by atoms with Gasteiger partial charge < -0.3 is 29.7 Å². The quantitative estimate of drug-likeness (QED) is 0.358. The van der Waals surface area contributed by atoms with Gasteiger partial charge in [0.25, 0.3) is 0 Å². The number of likely N-dealkylation sites (tertiary alicyclic amines) is 1. The Labute approximate surface area is 164 Å². The van der Waals surface area contributed by atoms with Gasteiger partial charge in [-0.25, -0.2) is 4.79 Å². The maximum Gasteiger partial charge on any atom is 0.410 e. The lowest BCUT2D eigenvalue weighted by atomic mass is 10.0. The Kier molecular flexibility index (Phi) is 11.1. The number of nitrogens with zero attached hydrogens (tertiary/aromatic N) is 2. The Morgan fingerprint density at radius 2 is 1.96 bits per heavy atom. The molecule has 1 heterocycles. The number of methoxy groups -OCH3 is 1. The van der Waals surface area contributed by atoms with Crippen LogP contribution in [-0.4, -0.2) is 82.2 Å². The van der Waals surface area contributed by atoms with Gasteiger partial charge in [-0.1, -0.05) is 0 Å². The predicted molar refractivity (Wildman–Crippen MR) is 107 cm³/mol. The lowest BCUT2D eigenvalue weighted by Gasteiger charge is -2.37. The Morgan fingerprint density at radius 3 is 2.63 bits per heavy atom. The average molecular weight is 387 g/mol. The molecule has 1 saturated heterocycles. The summed E-state index contributed by atoms with van der Waals surface area (Å²) in [7, 11) is 3.41. The molecule has 1 rings (SSSR count). The number of amides is 1. The molecule has 0 aromatic carbocycles. The van der Waals surface area contributed by atoms with Gasteiger partial charge in [0.15, 0.2) is 5.96 Å². The first-order valence-electron chi connectivity index (χ1n) is 9.88. The molecule has 1 aliphatic rings. The summed E-state index contributed by atoms with van der Waals surface area (Å²) in [6.45, 7) is 9.77. The normalized spacial score (nSPS) is 18.3. The molecule has 2 N–H and O–H groups in total. The summed E-state index contributed by atoms with van der Waals surface area (Å²) in [4.78, 5) is 18.6. The van der Waals surface area contributed by atoms with Crippen LogP contribution in [0.5, 0.6) is 0 Å². The molecule has 1 unspecified atom stereocenters. The topological polar surface area (TPSA) is 84.4 Å². The van der Waals surface area contributed by atoms with Crippen molar-refractivity contribution < 1.29 is 19.0 Å². The van der Waals surface area contributed by atoms with Crippen molar-refractivity contribution in [2.24, 2.45) is 4.99 Å². The molecule has 158 valence electrons. The average Bonchev–Trinajstić information content (AvgIpc) is 2.62. The van der Waals surface area contributed by atoms with Crippen LogP contribution in [0.2, 0.25) is 0 Å². The van der Waals surface area contributed by atoms with Crippen LogP contribution in [0.25, 0.3) is 0 Å². The van der Waals surface area contributed by atoms with E-state index >= 15 is 0 Å². The first-order chi connectivity index (χ1) is 12.9. The number of carbonyl (C=O) groups is 1. The maximum atomic E-state index is 12.5. The number of hydrogen-bond donors (Lipinski definition) is 2. The zero-order chi connectivity index (χ0) is 20.1. The minimum Gasteiger partial charge on any atom is -0.444 e. The standard InChI is InChI=1S/C19H38N4O4/c1-19(2,3)27-18(24)23-11-7-6-9-16(23)15-22-17(20-4)21-10-8-12-26-14-13-25-5/h16H,6-15H2,1-5H3,(H2,20,21,22). The van der Waals surface area contributed by atoms with E-state index in [1.54, 1.807) is 14.2 Å². The third-order valence-corrected chi connectivity index (χ3v) is 4.17. The molecule has 0 saturated carbocycles. The highest BCUT2D eigenvalue weighted by molar-refractivity contribution is 5.79. The molecule has 8 heteroatoms. The highest BCUT2D eigenvalue weighted by Crippen LogP contribution is 2.20. The van der Waals surface area contributed by atoms with Crippen LogP contribution < -0.4 is 10.6 Å². The van der Waals surface area contributed by atoms with E-state index < -0.39 is 5.60 Å². The number of aliphatic imine (C=N–C) groups is 1. The number of piperidine rings is 1. The zero-order valence-electron chi connectivity index (χ0n) is 17.7. The Hall–Kier alpha value is -1.54. The summed E-state index contributed by atoms with van der Waals surface area (Å²) in [5.41, 5.74) is -0.477. The zero-order valence-corrected chi connectivity index (χ0v) is 17.7. The van der Waals surface area contributed by atoms with Gasteiger partial charge in [0, 0.05) is 40.4 Å².